The molecule has 0 bridgehead atoms. The predicted octanol–water partition coefficient (Wildman–Crippen LogP) is 3.40. The summed E-state index contributed by atoms with van der Waals surface area (Å²) in [6, 6.07) is 12.7. The Morgan fingerprint density at radius 3 is 2.65 bits per heavy atom. The van der Waals surface area contributed by atoms with Gasteiger partial charge in [-0.2, -0.15) is 0 Å². The van der Waals surface area contributed by atoms with Crippen LogP contribution in [-0.2, 0) is 6.54 Å². The Labute approximate surface area is 107 Å². The van der Waals surface area contributed by atoms with Gasteiger partial charge in [-0.15, -0.1) is 11.3 Å². The third-order valence-electron chi connectivity index (χ3n) is 2.81. The number of thiophene rings is 1. The molecule has 0 aliphatic carbocycles. The molecule has 2 N–H and O–H groups in total. The van der Waals surface area contributed by atoms with Crippen LogP contribution in [0, 0.1) is 0 Å². The molecule has 1 atom stereocenters. The van der Waals surface area contributed by atoms with Gasteiger partial charge in [0.2, 0.25) is 0 Å². The molecule has 0 aliphatic rings. The highest BCUT2D eigenvalue weighted by molar-refractivity contribution is 7.09. The number of nitrogens with two attached hydrogens (primary N) is 1. The molecule has 0 unspecified atom stereocenters. The van der Waals surface area contributed by atoms with Gasteiger partial charge in [0.1, 0.15) is 0 Å². The van der Waals surface area contributed by atoms with Crippen molar-refractivity contribution in [3.63, 3.8) is 0 Å². The summed E-state index contributed by atoms with van der Waals surface area (Å²) in [6.07, 6.45) is 0. The molecule has 1 heterocycles. The highest BCUT2D eigenvalue weighted by Gasteiger charge is 2.10. The SMILES string of the molecule is C[C@@H](N)c1ccccc1N(C)Cc1cccs1. The van der Waals surface area contributed by atoms with E-state index in [-0.39, 0.29) is 6.04 Å². The van der Waals surface area contributed by atoms with Gasteiger partial charge in [0.15, 0.2) is 0 Å². The molecule has 90 valence electrons. The first kappa shape index (κ1) is 12.1. The maximum atomic E-state index is 6.00. The quantitative estimate of drug-likeness (QED) is 0.896. The van der Waals surface area contributed by atoms with E-state index >= 15 is 0 Å². The topological polar surface area (TPSA) is 29.3 Å². The van der Waals surface area contributed by atoms with E-state index in [0.717, 1.165) is 6.54 Å². The Morgan fingerprint density at radius 2 is 2.00 bits per heavy atom. The molecule has 1 aromatic heterocycles. The Bertz CT molecular complexity index is 463. The molecule has 2 nitrogen and oxygen atoms in total. The van der Waals surface area contributed by atoms with Crippen LogP contribution in [0.25, 0.3) is 0 Å². The summed E-state index contributed by atoms with van der Waals surface area (Å²) in [7, 11) is 2.11. The van der Waals surface area contributed by atoms with Crippen LogP contribution in [0.15, 0.2) is 41.8 Å². The molecule has 3 heteroatoms. The first-order valence-corrected chi connectivity index (χ1v) is 6.64. The van der Waals surface area contributed by atoms with E-state index < -0.39 is 0 Å². The van der Waals surface area contributed by atoms with Crippen LogP contribution in [0.4, 0.5) is 5.69 Å². The summed E-state index contributed by atoms with van der Waals surface area (Å²) in [5.41, 5.74) is 8.42. The van der Waals surface area contributed by atoms with E-state index in [1.807, 2.05) is 13.0 Å². The van der Waals surface area contributed by atoms with Crippen molar-refractivity contribution in [3.05, 3.63) is 52.2 Å². The lowest BCUT2D eigenvalue weighted by Crippen LogP contribution is -2.19. The van der Waals surface area contributed by atoms with Gasteiger partial charge in [-0.05, 0) is 30.0 Å². The van der Waals surface area contributed by atoms with E-state index in [1.54, 1.807) is 11.3 Å². The number of nitrogens with zero attached hydrogens (tertiary/aromatic N) is 1. The fourth-order valence-corrected chi connectivity index (χ4v) is 2.70. The maximum absolute atomic E-state index is 6.00. The smallest absolute Gasteiger partial charge is 0.0519 e. The van der Waals surface area contributed by atoms with Crippen LogP contribution in [-0.4, -0.2) is 7.05 Å². The monoisotopic (exact) mass is 246 g/mol. The third-order valence-corrected chi connectivity index (χ3v) is 3.67. The van der Waals surface area contributed by atoms with Gasteiger partial charge >= 0.3 is 0 Å². The van der Waals surface area contributed by atoms with E-state index in [0.29, 0.717) is 0 Å². The molecule has 1 aromatic carbocycles. The average Bonchev–Trinajstić information content (AvgIpc) is 2.81. The van der Waals surface area contributed by atoms with Crippen LogP contribution >= 0.6 is 11.3 Å². The minimum atomic E-state index is 0.0667. The normalized spacial score (nSPS) is 12.4. The van der Waals surface area contributed by atoms with Crippen LogP contribution in [0.3, 0.4) is 0 Å². The summed E-state index contributed by atoms with van der Waals surface area (Å²) in [5, 5.41) is 2.11. The molecule has 0 amide bonds. The van der Waals surface area contributed by atoms with Crippen LogP contribution in [0.5, 0.6) is 0 Å². The van der Waals surface area contributed by atoms with E-state index in [9.17, 15) is 0 Å². The number of rotatable bonds is 4. The molecule has 0 saturated heterocycles. The zero-order valence-corrected chi connectivity index (χ0v) is 11.1. The number of hydrogen-bond acceptors (Lipinski definition) is 3. The molecule has 17 heavy (non-hydrogen) atoms. The van der Waals surface area contributed by atoms with Gasteiger partial charge in [-0.3, -0.25) is 0 Å². The van der Waals surface area contributed by atoms with Gasteiger partial charge in [0, 0.05) is 23.7 Å². The minimum Gasteiger partial charge on any atom is -0.369 e. The van der Waals surface area contributed by atoms with Crippen molar-refractivity contribution in [2.24, 2.45) is 5.73 Å². The zero-order chi connectivity index (χ0) is 12.3. The maximum Gasteiger partial charge on any atom is 0.0519 e. The van der Waals surface area contributed by atoms with Crippen LogP contribution < -0.4 is 10.6 Å². The largest absolute Gasteiger partial charge is 0.369 e. The van der Waals surface area contributed by atoms with Crippen molar-refractivity contribution in [2.45, 2.75) is 19.5 Å². The summed E-state index contributed by atoms with van der Waals surface area (Å²) >= 11 is 1.79. The summed E-state index contributed by atoms with van der Waals surface area (Å²) in [6.45, 7) is 2.96. The van der Waals surface area contributed by atoms with Crippen molar-refractivity contribution < 1.29 is 0 Å². The van der Waals surface area contributed by atoms with Crippen molar-refractivity contribution >= 4 is 17.0 Å². The molecule has 2 rings (SSSR count). The van der Waals surface area contributed by atoms with Crippen molar-refractivity contribution in [3.8, 4) is 0 Å². The number of benzene rings is 1. The highest BCUT2D eigenvalue weighted by Crippen LogP contribution is 2.25. The molecular formula is C14H18N2S. The van der Waals surface area contributed by atoms with Crippen LogP contribution in [0.2, 0.25) is 0 Å². The van der Waals surface area contributed by atoms with Gasteiger partial charge in [-0.25, -0.2) is 0 Å². The first-order chi connectivity index (χ1) is 8.18. The van der Waals surface area contributed by atoms with Gasteiger partial charge in [0.05, 0.1) is 6.54 Å². The summed E-state index contributed by atoms with van der Waals surface area (Å²) < 4.78 is 0. The Hall–Kier alpha value is -1.32. The molecule has 0 saturated carbocycles. The number of hydrogen-bond donors (Lipinski definition) is 1. The summed E-state index contributed by atoms with van der Waals surface area (Å²) in [4.78, 5) is 3.62. The second kappa shape index (κ2) is 5.34. The minimum absolute atomic E-state index is 0.0667. The lowest BCUT2D eigenvalue weighted by atomic mass is 10.1. The molecule has 0 radical (unpaired) electrons. The van der Waals surface area contributed by atoms with E-state index in [2.05, 4.69) is 47.7 Å². The van der Waals surface area contributed by atoms with Crippen molar-refractivity contribution in [1.29, 1.82) is 0 Å². The first-order valence-electron chi connectivity index (χ1n) is 5.76. The number of para-hydroxylation sites is 1. The van der Waals surface area contributed by atoms with E-state index in [1.165, 1.54) is 16.1 Å². The third kappa shape index (κ3) is 2.87. The van der Waals surface area contributed by atoms with Crippen molar-refractivity contribution in [2.75, 3.05) is 11.9 Å². The molecule has 0 aliphatic heterocycles. The van der Waals surface area contributed by atoms with E-state index in [4.69, 9.17) is 5.73 Å². The van der Waals surface area contributed by atoms with Crippen LogP contribution in [0.1, 0.15) is 23.4 Å². The molecule has 2 aromatic rings. The van der Waals surface area contributed by atoms with Gasteiger partial charge in [0.25, 0.3) is 0 Å². The predicted molar refractivity (Wildman–Crippen MR) is 75.5 cm³/mol. The van der Waals surface area contributed by atoms with Crippen molar-refractivity contribution in [1.82, 2.24) is 0 Å². The Morgan fingerprint density at radius 1 is 1.24 bits per heavy atom. The van der Waals surface area contributed by atoms with Gasteiger partial charge in [-0.1, -0.05) is 24.3 Å². The summed E-state index contributed by atoms with van der Waals surface area (Å²) in [5.74, 6) is 0. The second-order valence-electron chi connectivity index (χ2n) is 4.28. The Balaban J connectivity index is 2.21. The lowest BCUT2D eigenvalue weighted by molar-refractivity contribution is 0.803. The lowest BCUT2D eigenvalue weighted by Gasteiger charge is -2.23. The highest BCUT2D eigenvalue weighted by atomic mass is 32.1. The zero-order valence-electron chi connectivity index (χ0n) is 10.3. The second-order valence-corrected chi connectivity index (χ2v) is 5.32. The molecule has 0 fully saturated rings. The molecular weight excluding hydrogens is 228 g/mol. The average molecular weight is 246 g/mol. The molecule has 0 spiro atoms. The Kier molecular flexibility index (Phi) is 3.82. The van der Waals surface area contributed by atoms with Gasteiger partial charge < -0.3 is 10.6 Å². The standard InChI is InChI=1S/C14H18N2S/c1-11(15)13-7-3-4-8-14(13)16(2)10-12-6-5-9-17-12/h3-9,11H,10,15H2,1-2H3/t11-/m1/s1. The fraction of sp³-hybridized carbons (Fsp3) is 0.286. The fourth-order valence-electron chi connectivity index (χ4n) is 1.94. The number of anilines is 1.